The Bertz CT molecular complexity index is 446. The van der Waals surface area contributed by atoms with Crippen molar-refractivity contribution >= 4 is 10.1 Å². The average molecular weight is 350 g/mol. The van der Waals surface area contributed by atoms with Gasteiger partial charge in [-0.15, -0.1) is 0 Å². The van der Waals surface area contributed by atoms with Crippen molar-refractivity contribution in [1.29, 1.82) is 0 Å². The van der Waals surface area contributed by atoms with Gasteiger partial charge in [0.15, 0.2) is 6.10 Å². The van der Waals surface area contributed by atoms with Crippen molar-refractivity contribution in [3.63, 3.8) is 0 Å². The number of hydrogen-bond acceptors (Lipinski definition) is 3. The van der Waals surface area contributed by atoms with Crippen molar-refractivity contribution in [2.24, 2.45) is 5.92 Å². The molecule has 0 bridgehead atoms. The standard InChI is InChI=1S/C9H13F7O4S/c1-3-5(2)4-6(7(10,11)12)20-8(13,14)9(15,16)21(17,18)19/h5-6H,3-4H2,1-2H3,(H,17,18,19). The summed E-state index contributed by atoms with van der Waals surface area (Å²) in [6.45, 7) is 2.67. The van der Waals surface area contributed by atoms with E-state index in [0.29, 0.717) is 0 Å². The van der Waals surface area contributed by atoms with Gasteiger partial charge in [-0.25, -0.2) is 0 Å². The van der Waals surface area contributed by atoms with Gasteiger partial charge >= 0.3 is 27.7 Å². The molecule has 0 heterocycles. The Morgan fingerprint density at radius 3 is 1.81 bits per heavy atom. The second-order valence-corrected chi connectivity index (χ2v) is 5.87. The molecule has 0 saturated carbocycles. The Morgan fingerprint density at radius 1 is 1.10 bits per heavy atom. The molecule has 128 valence electrons. The highest BCUT2D eigenvalue weighted by atomic mass is 32.2. The van der Waals surface area contributed by atoms with Crippen LogP contribution in [0.1, 0.15) is 26.7 Å². The molecule has 0 radical (unpaired) electrons. The lowest BCUT2D eigenvalue weighted by molar-refractivity contribution is -0.372. The van der Waals surface area contributed by atoms with Gasteiger partial charge in [0.1, 0.15) is 0 Å². The topological polar surface area (TPSA) is 63.6 Å². The Balaban J connectivity index is 5.43. The minimum absolute atomic E-state index is 0.121. The van der Waals surface area contributed by atoms with Crippen molar-refractivity contribution in [1.82, 2.24) is 0 Å². The van der Waals surface area contributed by atoms with Crippen LogP contribution in [0, 0.1) is 5.92 Å². The lowest BCUT2D eigenvalue weighted by atomic mass is 10.0. The summed E-state index contributed by atoms with van der Waals surface area (Å²) in [4.78, 5) is 0. The first-order chi connectivity index (χ1) is 9.06. The highest BCUT2D eigenvalue weighted by molar-refractivity contribution is 7.86. The molecular weight excluding hydrogens is 337 g/mol. The molecule has 21 heavy (non-hydrogen) atoms. The lowest BCUT2D eigenvalue weighted by Gasteiger charge is -2.30. The first-order valence-corrected chi connectivity index (χ1v) is 6.97. The molecule has 1 N–H and O–H groups in total. The summed E-state index contributed by atoms with van der Waals surface area (Å²) in [5.41, 5.74) is 0. The molecule has 0 aliphatic rings. The summed E-state index contributed by atoms with van der Waals surface area (Å²) in [6.07, 6.45) is -15.7. The van der Waals surface area contributed by atoms with Crippen LogP contribution >= 0.6 is 0 Å². The van der Waals surface area contributed by atoms with E-state index in [1.165, 1.54) is 13.8 Å². The van der Waals surface area contributed by atoms with E-state index in [-0.39, 0.29) is 6.42 Å². The normalized spacial score (nSPS) is 17.6. The third-order valence-corrected chi connectivity index (χ3v) is 3.52. The maximum Gasteiger partial charge on any atom is 0.459 e. The van der Waals surface area contributed by atoms with Crippen LogP contribution < -0.4 is 0 Å². The molecule has 2 atom stereocenters. The largest absolute Gasteiger partial charge is 0.459 e. The Hall–Kier alpha value is -0.620. The fourth-order valence-corrected chi connectivity index (χ4v) is 1.53. The summed E-state index contributed by atoms with van der Waals surface area (Å²) in [5, 5.41) is -6.21. The van der Waals surface area contributed by atoms with Gasteiger partial charge in [-0.1, -0.05) is 20.3 Å². The Kier molecular flexibility index (Phi) is 6.06. The van der Waals surface area contributed by atoms with Gasteiger partial charge in [0.05, 0.1) is 0 Å². The molecule has 0 amide bonds. The van der Waals surface area contributed by atoms with Crippen molar-refractivity contribution in [2.45, 2.75) is 50.3 Å². The molecule has 0 aliphatic carbocycles. The first-order valence-electron chi connectivity index (χ1n) is 5.53. The van der Waals surface area contributed by atoms with Crippen molar-refractivity contribution < 1.29 is 48.4 Å². The summed E-state index contributed by atoms with van der Waals surface area (Å²) < 4.78 is 121. The minimum Gasteiger partial charge on any atom is -0.302 e. The second kappa shape index (κ2) is 6.24. The molecule has 0 aliphatic heterocycles. The van der Waals surface area contributed by atoms with E-state index in [0.717, 1.165) is 0 Å². The summed E-state index contributed by atoms with van der Waals surface area (Å²) >= 11 is 0. The van der Waals surface area contributed by atoms with E-state index < -0.39 is 46.1 Å². The van der Waals surface area contributed by atoms with Crippen LogP contribution in [-0.2, 0) is 14.9 Å². The molecule has 0 aromatic carbocycles. The minimum atomic E-state index is -6.66. The first kappa shape index (κ1) is 20.4. The second-order valence-electron chi connectivity index (χ2n) is 4.41. The zero-order chi connectivity index (χ0) is 17.3. The van der Waals surface area contributed by atoms with Crippen LogP contribution in [0.4, 0.5) is 30.7 Å². The third kappa shape index (κ3) is 4.95. The Morgan fingerprint density at radius 2 is 1.52 bits per heavy atom. The molecule has 12 heteroatoms. The third-order valence-electron chi connectivity index (χ3n) is 2.63. The molecule has 0 spiro atoms. The SMILES string of the molecule is CCC(C)CC(OC(F)(F)C(F)(F)S(=O)(=O)O)C(F)(F)F. The number of alkyl halides is 7. The van der Waals surface area contributed by atoms with E-state index in [4.69, 9.17) is 4.55 Å². The fourth-order valence-electron chi connectivity index (χ4n) is 1.18. The van der Waals surface area contributed by atoms with Gasteiger partial charge in [0.2, 0.25) is 0 Å². The molecule has 0 aromatic rings. The van der Waals surface area contributed by atoms with Crippen LogP contribution in [0.2, 0.25) is 0 Å². The number of halogens is 7. The van der Waals surface area contributed by atoms with Crippen molar-refractivity contribution in [3.05, 3.63) is 0 Å². The summed E-state index contributed by atoms with van der Waals surface area (Å²) in [5.74, 6) is -0.799. The van der Waals surface area contributed by atoms with Gasteiger partial charge in [-0.05, 0) is 12.3 Å². The maximum absolute atomic E-state index is 13.0. The fraction of sp³-hybridized carbons (Fsp3) is 1.00. The highest BCUT2D eigenvalue weighted by Gasteiger charge is 2.69. The lowest BCUT2D eigenvalue weighted by Crippen LogP contribution is -2.52. The molecular formula is C9H13F7O4S. The van der Waals surface area contributed by atoms with E-state index in [1.54, 1.807) is 0 Å². The summed E-state index contributed by atoms with van der Waals surface area (Å²) in [7, 11) is -6.66. The van der Waals surface area contributed by atoms with E-state index in [2.05, 4.69) is 4.74 Å². The monoisotopic (exact) mass is 350 g/mol. The van der Waals surface area contributed by atoms with Crippen molar-refractivity contribution in [3.8, 4) is 0 Å². The number of ether oxygens (including phenoxy) is 1. The molecule has 0 saturated heterocycles. The van der Waals surface area contributed by atoms with E-state index in [1.807, 2.05) is 0 Å². The summed E-state index contributed by atoms with van der Waals surface area (Å²) in [6, 6.07) is 0. The molecule has 0 rings (SSSR count). The number of hydrogen-bond donors (Lipinski definition) is 1. The maximum atomic E-state index is 13.0. The molecule has 0 fully saturated rings. The van der Waals surface area contributed by atoms with Gasteiger partial charge in [-0.2, -0.15) is 39.2 Å². The molecule has 0 aromatic heterocycles. The smallest absolute Gasteiger partial charge is 0.302 e. The predicted octanol–water partition coefficient (Wildman–Crippen LogP) is 3.44. The van der Waals surface area contributed by atoms with Crippen LogP contribution in [0.15, 0.2) is 0 Å². The Labute approximate surface area is 116 Å². The van der Waals surface area contributed by atoms with Crippen LogP contribution in [0.25, 0.3) is 0 Å². The number of rotatable bonds is 7. The zero-order valence-electron chi connectivity index (χ0n) is 10.8. The van der Waals surface area contributed by atoms with Gasteiger partial charge in [0, 0.05) is 0 Å². The van der Waals surface area contributed by atoms with Crippen LogP contribution in [-0.4, -0.2) is 36.6 Å². The molecule has 2 unspecified atom stereocenters. The van der Waals surface area contributed by atoms with Gasteiger partial charge in [-0.3, -0.25) is 4.55 Å². The highest BCUT2D eigenvalue weighted by Crippen LogP contribution is 2.43. The van der Waals surface area contributed by atoms with Gasteiger partial charge in [0.25, 0.3) is 0 Å². The van der Waals surface area contributed by atoms with Crippen LogP contribution in [0.5, 0.6) is 0 Å². The van der Waals surface area contributed by atoms with Crippen molar-refractivity contribution in [2.75, 3.05) is 0 Å². The zero-order valence-corrected chi connectivity index (χ0v) is 11.6. The van der Waals surface area contributed by atoms with E-state index >= 15 is 0 Å². The molecule has 4 nitrogen and oxygen atoms in total. The van der Waals surface area contributed by atoms with Crippen LogP contribution in [0.3, 0.4) is 0 Å². The average Bonchev–Trinajstić information content (AvgIpc) is 2.24. The predicted molar refractivity (Wildman–Crippen MR) is 56.4 cm³/mol. The van der Waals surface area contributed by atoms with Gasteiger partial charge < -0.3 is 4.74 Å². The quantitative estimate of drug-likeness (QED) is 0.564. The van der Waals surface area contributed by atoms with E-state index in [9.17, 15) is 39.2 Å².